The number of hydrogen-bond donors (Lipinski definition) is 0. The highest BCUT2D eigenvalue weighted by Gasteiger charge is 2.50. The van der Waals surface area contributed by atoms with Gasteiger partial charge in [0, 0.05) is 6.42 Å². The molecule has 0 aromatic carbocycles. The van der Waals surface area contributed by atoms with Crippen molar-refractivity contribution in [2.24, 2.45) is 0 Å². The highest BCUT2D eigenvalue weighted by molar-refractivity contribution is 6.45. The molecule has 0 aromatic rings. The Morgan fingerprint density at radius 3 is 2.00 bits per heavy atom. The fourth-order valence-corrected chi connectivity index (χ4v) is 1.89. The molecule has 1 saturated heterocycles. The zero-order chi connectivity index (χ0) is 14.9. The SMILES string of the molecule is CC(C)(C)OC(=O)CCCB1OC(C)(C)C(C)(C)O1. The van der Waals surface area contributed by atoms with E-state index < -0.39 is 5.60 Å². The molecule has 0 aromatic heterocycles. The molecule has 1 aliphatic heterocycles. The van der Waals surface area contributed by atoms with E-state index in [9.17, 15) is 4.79 Å². The summed E-state index contributed by atoms with van der Waals surface area (Å²) in [7, 11) is -0.229. The summed E-state index contributed by atoms with van der Waals surface area (Å²) in [6.07, 6.45) is 1.83. The molecule has 5 heteroatoms. The van der Waals surface area contributed by atoms with Gasteiger partial charge in [0.15, 0.2) is 0 Å². The molecule has 0 bridgehead atoms. The lowest BCUT2D eigenvalue weighted by molar-refractivity contribution is -0.154. The van der Waals surface area contributed by atoms with Crippen LogP contribution in [0.3, 0.4) is 0 Å². The Morgan fingerprint density at radius 1 is 1.11 bits per heavy atom. The first-order valence-corrected chi connectivity index (χ1v) is 7.00. The summed E-state index contributed by atoms with van der Waals surface area (Å²) >= 11 is 0. The Bertz CT molecular complexity index is 315. The van der Waals surface area contributed by atoms with Crippen LogP contribution in [0.1, 0.15) is 61.3 Å². The molecule has 0 aliphatic carbocycles. The van der Waals surface area contributed by atoms with Crippen molar-refractivity contribution in [1.29, 1.82) is 0 Å². The summed E-state index contributed by atoms with van der Waals surface area (Å²) in [5.74, 6) is -0.163. The number of carbonyl (C=O) groups excluding carboxylic acids is 1. The van der Waals surface area contributed by atoms with Crippen molar-refractivity contribution < 1.29 is 18.8 Å². The molecule has 0 amide bonds. The van der Waals surface area contributed by atoms with Crippen molar-refractivity contribution in [3.05, 3.63) is 0 Å². The van der Waals surface area contributed by atoms with Crippen LogP contribution in [0.15, 0.2) is 0 Å². The van der Waals surface area contributed by atoms with Gasteiger partial charge in [-0.25, -0.2) is 0 Å². The smallest absolute Gasteiger partial charge is 0.457 e. The first kappa shape index (κ1) is 16.5. The van der Waals surface area contributed by atoms with Crippen LogP contribution in [-0.4, -0.2) is 29.9 Å². The fraction of sp³-hybridized carbons (Fsp3) is 0.929. The third-order valence-corrected chi connectivity index (χ3v) is 3.54. The summed E-state index contributed by atoms with van der Waals surface area (Å²) in [5.41, 5.74) is -1.02. The van der Waals surface area contributed by atoms with Gasteiger partial charge in [0.1, 0.15) is 5.60 Å². The number of carbonyl (C=O) groups is 1. The Labute approximate surface area is 117 Å². The van der Waals surface area contributed by atoms with Crippen LogP contribution in [0, 0.1) is 0 Å². The maximum Gasteiger partial charge on any atom is 0.457 e. The highest BCUT2D eigenvalue weighted by Crippen LogP contribution is 2.38. The monoisotopic (exact) mass is 270 g/mol. The first-order valence-electron chi connectivity index (χ1n) is 7.00. The molecule has 110 valence electrons. The predicted octanol–water partition coefficient (Wildman–Crippen LogP) is 3.20. The third kappa shape index (κ3) is 4.81. The van der Waals surface area contributed by atoms with Gasteiger partial charge in [0.25, 0.3) is 0 Å². The molecule has 1 heterocycles. The Morgan fingerprint density at radius 2 is 1.58 bits per heavy atom. The molecule has 0 N–H and O–H groups in total. The van der Waals surface area contributed by atoms with Crippen LogP contribution in [0.5, 0.6) is 0 Å². The van der Waals surface area contributed by atoms with Crippen LogP contribution in [0.25, 0.3) is 0 Å². The lowest BCUT2D eigenvalue weighted by atomic mass is 9.82. The van der Waals surface area contributed by atoms with Crippen LogP contribution < -0.4 is 0 Å². The van der Waals surface area contributed by atoms with E-state index in [1.54, 1.807) is 0 Å². The zero-order valence-corrected chi connectivity index (χ0v) is 13.3. The van der Waals surface area contributed by atoms with E-state index in [1.807, 2.05) is 48.5 Å². The van der Waals surface area contributed by atoms with Crippen LogP contribution in [-0.2, 0) is 18.8 Å². The fourth-order valence-electron chi connectivity index (χ4n) is 1.89. The normalized spacial score (nSPS) is 21.5. The van der Waals surface area contributed by atoms with Crippen molar-refractivity contribution in [2.75, 3.05) is 0 Å². The largest absolute Gasteiger partial charge is 0.460 e. The summed E-state index contributed by atoms with van der Waals surface area (Å²) in [5, 5.41) is 0. The van der Waals surface area contributed by atoms with Crippen molar-refractivity contribution in [3.63, 3.8) is 0 Å². The molecule has 0 atom stereocenters. The topological polar surface area (TPSA) is 44.8 Å². The van der Waals surface area contributed by atoms with Crippen molar-refractivity contribution in [2.45, 2.75) is 84.4 Å². The third-order valence-electron chi connectivity index (χ3n) is 3.54. The summed E-state index contributed by atoms with van der Waals surface area (Å²) in [6, 6.07) is 0. The van der Waals surface area contributed by atoms with Crippen LogP contribution >= 0.6 is 0 Å². The summed E-state index contributed by atoms with van der Waals surface area (Å²) in [4.78, 5) is 11.6. The number of rotatable bonds is 4. The minimum absolute atomic E-state index is 0.163. The van der Waals surface area contributed by atoms with E-state index in [0.717, 1.165) is 0 Å². The second-order valence-corrected chi connectivity index (χ2v) is 7.16. The van der Waals surface area contributed by atoms with Crippen molar-refractivity contribution in [1.82, 2.24) is 0 Å². The second kappa shape index (κ2) is 5.45. The molecule has 1 rings (SSSR count). The Balaban J connectivity index is 2.31. The molecular formula is C14H27BO4. The maximum atomic E-state index is 11.6. The van der Waals surface area contributed by atoms with E-state index in [-0.39, 0.29) is 24.3 Å². The number of ether oxygens (including phenoxy) is 1. The first-order chi connectivity index (χ1) is 8.43. The van der Waals surface area contributed by atoms with Gasteiger partial charge in [-0.1, -0.05) is 0 Å². The molecule has 0 spiro atoms. The minimum atomic E-state index is -0.415. The Kier molecular flexibility index (Phi) is 4.73. The highest BCUT2D eigenvalue weighted by atomic mass is 16.7. The van der Waals surface area contributed by atoms with Gasteiger partial charge >= 0.3 is 13.1 Å². The molecule has 0 saturated carbocycles. The molecule has 0 radical (unpaired) electrons. The lowest BCUT2D eigenvalue weighted by Gasteiger charge is -2.32. The number of hydrogen-bond acceptors (Lipinski definition) is 4. The van der Waals surface area contributed by atoms with Crippen LogP contribution in [0.4, 0.5) is 0 Å². The van der Waals surface area contributed by atoms with Crippen molar-refractivity contribution >= 4 is 13.1 Å². The zero-order valence-electron chi connectivity index (χ0n) is 13.3. The molecule has 1 fully saturated rings. The minimum Gasteiger partial charge on any atom is -0.460 e. The average Bonchev–Trinajstić information content (AvgIpc) is 2.31. The number of esters is 1. The quantitative estimate of drug-likeness (QED) is 0.581. The average molecular weight is 270 g/mol. The van der Waals surface area contributed by atoms with Gasteiger partial charge in [-0.3, -0.25) is 4.79 Å². The van der Waals surface area contributed by atoms with E-state index >= 15 is 0 Å². The van der Waals surface area contributed by atoms with E-state index in [0.29, 0.717) is 19.2 Å². The summed E-state index contributed by atoms with van der Waals surface area (Å²) in [6.45, 7) is 13.7. The molecule has 1 aliphatic rings. The second-order valence-electron chi connectivity index (χ2n) is 7.16. The van der Waals surface area contributed by atoms with Gasteiger partial charge < -0.3 is 14.0 Å². The van der Waals surface area contributed by atoms with E-state index in [4.69, 9.17) is 14.0 Å². The van der Waals surface area contributed by atoms with Gasteiger partial charge in [-0.15, -0.1) is 0 Å². The lowest BCUT2D eigenvalue weighted by Crippen LogP contribution is -2.41. The van der Waals surface area contributed by atoms with Gasteiger partial charge in [0.2, 0.25) is 0 Å². The van der Waals surface area contributed by atoms with E-state index in [1.165, 1.54) is 0 Å². The molecular weight excluding hydrogens is 243 g/mol. The molecule has 4 nitrogen and oxygen atoms in total. The molecule has 19 heavy (non-hydrogen) atoms. The van der Waals surface area contributed by atoms with Gasteiger partial charge in [-0.05, 0) is 61.2 Å². The maximum absolute atomic E-state index is 11.6. The predicted molar refractivity (Wildman–Crippen MR) is 76.0 cm³/mol. The summed E-state index contributed by atoms with van der Waals surface area (Å²) < 4.78 is 17.0. The molecule has 0 unspecified atom stereocenters. The van der Waals surface area contributed by atoms with E-state index in [2.05, 4.69) is 0 Å². The Hall–Kier alpha value is -0.545. The van der Waals surface area contributed by atoms with Gasteiger partial charge in [0.05, 0.1) is 11.2 Å². The van der Waals surface area contributed by atoms with Gasteiger partial charge in [-0.2, -0.15) is 0 Å². The van der Waals surface area contributed by atoms with Crippen molar-refractivity contribution in [3.8, 4) is 0 Å². The standard InChI is InChI=1S/C14H27BO4/c1-12(2,3)17-11(16)9-8-10-15-18-13(4,5)14(6,7)19-15/h8-10H2,1-7H3. The van der Waals surface area contributed by atoms with Crippen LogP contribution in [0.2, 0.25) is 6.32 Å².